The second kappa shape index (κ2) is 4.00. The van der Waals surface area contributed by atoms with Gasteiger partial charge in [-0.25, -0.2) is 9.67 Å². The Hall–Kier alpha value is -1.40. The highest BCUT2D eigenvalue weighted by Crippen LogP contribution is 2.20. The molecule has 2 heterocycles. The first-order chi connectivity index (χ1) is 7.22. The van der Waals surface area contributed by atoms with Crippen LogP contribution in [0, 0.1) is 0 Å². The number of aryl methyl sites for hydroxylation is 1. The van der Waals surface area contributed by atoms with Crippen molar-refractivity contribution in [2.75, 3.05) is 18.5 Å². The van der Waals surface area contributed by atoms with Crippen LogP contribution in [0.4, 0.5) is 5.95 Å². The van der Waals surface area contributed by atoms with Gasteiger partial charge in [-0.2, -0.15) is 10.1 Å². The lowest BCUT2D eigenvalue weighted by atomic mass is 10.4. The van der Waals surface area contributed by atoms with Crippen LogP contribution in [0.15, 0.2) is 6.20 Å². The zero-order chi connectivity index (χ0) is 10.8. The lowest BCUT2D eigenvalue weighted by Crippen LogP contribution is -2.08. The lowest BCUT2D eigenvalue weighted by Gasteiger charge is -2.01. The second-order valence-corrected chi connectivity index (χ2v) is 3.35. The molecule has 2 rings (SSSR count). The Morgan fingerprint density at radius 2 is 2.40 bits per heavy atom. The van der Waals surface area contributed by atoms with Crippen molar-refractivity contribution in [3.05, 3.63) is 11.3 Å². The monoisotopic (exact) mass is 227 g/mol. The van der Waals surface area contributed by atoms with Crippen molar-refractivity contribution in [2.45, 2.75) is 0 Å². The summed E-state index contributed by atoms with van der Waals surface area (Å²) in [5.74, 6) is 0.455. The van der Waals surface area contributed by atoms with Crippen LogP contribution < -0.4 is 5.32 Å². The number of aromatic nitrogens is 4. The maximum atomic E-state index is 8.64. The largest absolute Gasteiger partial charge is 0.395 e. The van der Waals surface area contributed by atoms with Crippen LogP contribution in [0.5, 0.6) is 0 Å². The van der Waals surface area contributed by atoms with E-state index in [4.69, 9.17) is 16.7 Å². The molecule has 0 aromatic carbocycles. The molecule has 2 aromatic rings. The third-order valence-corrected chi connectivity index (χ3v) is 2.21. The van der Waals surface area contributed by atoms with Crippen LogP contribution in [0.2, 0.25) is 5.15 Å². The quantitative estimate of drug-likeness (QED) is 0.795. The number of hydrogen-bond donors (Lipinski definition) is 2. The number of rotatable bonds is 3. The Balaban J connectivity index is 2.41. The van der Waals surface area contributed by atoms with Crippen LogP contribution in [-0.2, 0) is 7.05 Å². The standard InChI is InChI=1S/C8H10ClN5O/c1-14-7-5(6(9)13-14)4-11-8(12-7)10-2-3-15/h4,15H,2-3H2,1H3,(H,10,11,12). The van der Waals surface area contributed by atoms with Crippen LogP contribution in [0.25, 0.3) is 11.0 Å². The molecule has 0 radical (unpaired) electrons. The van der Waals surface area contributed by atoms with Gasteiger partial charge in [-0.3, -0.25) is 0 Å². The Kier molecular flexibility index (Phi) is 2.70. The van der Waals surface area contributed by atoms with Gasteiger partial charge in [0.25, 0.3) is 0 Å². The topological polar surface area (TPSA) is 75.9 Å². The predicted molar refractivity (Wildman–Crippen MR) is 56.9 cm³/mol. The first kappa shape index (κ1) is 10.1. The second-order valence-electron chi connectivity index (χ2n) is 3.00. The van der Waals surface area contributed by atoms with Gasteiger partial charge >= 0.3 is 0 Å². The van der Waals surface area contributed by atoms with Gasteiger partial charge in [-0.15, -0.1) is 0 Å². The highest BCUT2D eigenvalue weighted by Gasteiger charge is 2.08. The van der Waals surface area contributed by atoms with E-state index in [9.17, 15) is 0 Å². The number of nitrogens with one attached hydrogen (secondary N) is 1. The smallest absolute Gasteiger partial charge is 0.224 e. The molecule has 7 heteroatoms. The minimum atomic E-state index is 0.0353. The van der Waals surface area contributed by atoms with Crippen LogP contribution in [0.3, 0.4) is 0 Å². The van der Waals surface area contributed by atoms with E-state index in [0.717, 1.165) is 0 Å². The summed E-state index contributed by atoms with van der Waals surface area (Å²) >= 11 is 5.86. The molecule has 0 saturated heterocycles. The van der Waals surface area contributed by atoms with E-state index in [0.29, 0.717) is 28.7 Å². The molecule has 0 spiro atoms. The summed E-state index contributed by atoms with van der Waals surface area (Å²) in [6, 6.07) is 0. The third-order valence-electron chi connectivity index (χ3n) is 1.93. The Bertz CT molecular complexity index is 483. The van der Waals surface area contributed by atoms with Gasteiger partial charge in [0.15, 0.2) is 10.8 Å². The average Bonchev–Trinajstić information content (AvgIpc) is 2.52. The fourth-order valence-electron chi connectivity index (χ4n) is 1.25. The van der Waals surface area contributed by atoms with Gasteiger partial charge in [0.1, 0.15) is 0 Å². The van der Waals surface area contributed by atoms with Crippen LogP contribution in [-0.4, -0.2) is 38.0 Å². The predicted octanol–water partition coefficient (Wildman–Crippen LogP) is 0.421. The normalized spacial score (nSPS) is 10.9. The average molecular weight is 228 g/mol. The number of aliphatic hydroxyl groups excluding tert-OH is 1. The molecule has 0 fully saturated rings. The highest BCUT2D eigenvalue weighted by molar-refractivity contribution is 6.34. The molecule has 0 saturated carbocycles. The van der Waals surface area contributed by atoms with Crippen molar-refractivity contribution in [1.82, 2.24) is 19.7 Å². The molecule has 0 aliphatic rings. The van der Waals surface area contributed by atoms with Gasteiger partial charge in [0.05, 0.1) is 12.0 Å². The van der Waals surface area contributed by atoms with Gasteiger partial charge in [0, 0.05) is 19.8 Å². The van der Waals surface area contributed by atoms with Gasteiger partial charge in [-0.05, 0) is 0 Å². The molecule has 0 atom stereocenters. The number of aliphatic hydroxyl groups is 1. The molecular weight excluding hydrogens is 218 g/mol. The molecular formula is C8H10ClN5O. The van der Waals surface area contributed by atoms with E-state index in [1.807, 2.05) is 0 Å². The minimum absolute atomic E-state index is 0.0353. The Labute approximate surface area is 90.9 Å². The van der Waals surface area contributed by atoms with Crippen molar-refractivity contribution in [2.24, 2.45) is 7.05 Å². The molecule has 0 bridgehead atoms. The maximum absolute atomic E-state index is 8.64. The van der Waals surface area contributed by atoms with E-state index in [1.165, 1.54) is 0 Å². The number of halogens is 1. The summed E-state index contributed by atoms with van der Waals surface area (Å²) in [4.78, 5) is 8.26. The molecule has 0 unspecified atom stereocenters. The fourth-order valence-corrected chi connectivity index (χ4v) is 1.50. The minimum Gasteiger partial charge on any atom is -0.395 e. The molecule has 80 valence electrons. The van der Waals surface area contributed by atoms with Crippen molar-refractivity contribution in [1.29, 1.82) is 0 Å². The number of fused-ring (bicyclic) bond motifs is 1. The molecule has 0 aliphatic carbocycles. The summed E-state index contributed by atoms with van der Waals surface area (Å²) in [6.07, 6.45) is 1.61. The number of anilines is 1. The summed E-state index contributed by atoms with van der Waals surface area (Å²) in [5.41, 5.74) is 0.662. The SMILES string of the molecule is Cn1nc(Cl)c2cnc(NCCO)nc21. The summed E-state index contributed by atoms with van der Waals surface area (Å²) in [5, 5.41) is 16.6. The van der Waals surface area contributed by atoms with Crippen molar-refractivity contribution >= 4 is 28.6 Å². The molecule has 2 N–H and O–H groups in total. The van der Waals surface area contributed by atoms with E-state index in [1.54, 1.807) is 17.9 Å². The maximum Gasteiger partial charge on any atom is 0.224 e. The third kappa shape index (κ3) is 1.86. The molecule has 2 aromatic heterocycles. The molecule has 0 aliphatic heterocycles. The van der Waals surface area contributed by atoms with Gasteiger partial charge in [-0.1, -0.05) is 11.6 Å². The van der Waals surface area contributed by atoms with Gasteiger partial charge < -0.3 is 10.4 Å². The van der Waals surface area contributed by atoms with E-state index >= 15 is 0 Å². The van der Waals surface area contributed by atoms with Crippen molar-refractivity contribution in [3.63, 3.8) is 0 Å². The number of hydrogen-bond acceptors (Lipinski definition) is 5. The zero-order valence-electron chi connectivity index (χ0n) is 8.11. The highest BCUT2D eigenvalue weighted by atomic mass is 35.5. The fraction of sp³-hybridized carbons (Fsp3) is 0.375. The van der Waals surface area contributed by atoms with E-state index < -0.39 is 0 Å². The molecule has 0 amide bonds. The first-order valence-electron chi connectivity index (χ1n) is 4.42. The summed E-state index contributed by atoms with van der Waals surface area (Å²) < 4.78 is 1.59. The lowest BCUT2D eigenvalue weighted by molar-refractivity contribution is 0.311. The van der Waals surface area contributed by atoms with E-state index in [2.05, 4.69) is 20.4 Å². The first-order valence-corrected chi connectivity index (χ1v) is 4.80. The van der Waals surface area contributed by atoms with Crippen molar-refractivity contribution in [3.8, 4) is 0 Å². The number of nitrogens with zero attached hydrogens (tertiary/aromatic N) is 4. The molecule has 15 heavy (non-hydrogen) atoms. The zero-order valence-corrected chi connectivity index (χ0v) is 8.86. The van der Waals surface area contributed by atoms with Crippen LogP contribution >= 0.6 is 11.6 Å². The van der Waals surface area contributed by atoms with Crippen molar-refractivity contribution < 1.29 is 5.11 Å². The molecule has 6 nitrogen and oxygen atoms in total. The van der Waals surface area contributed by atoms with Crippen LogP contribution in [0.1, 0.15) is 0 Å². The summed E-state index contributed by atoms with van der Waals surface area (Å²) in [6.45, 7) is 0.449. The van der Waals surface area contributed by atoms with Gasteiger partial charge in [0.2, 0.25) is 5.95 Å². The Morgan fingerprint density at radius 1 is 1.60 bits per heavy atom. The van der Waals surface area contributed by atoms with E-state index in [-0.39, 0.29) is 6.61 Å². The Morgan fingerprint density at radius 3 is 3.13 bits per heavy atom. The summed E-state index contributed by atoms with van der Waals surface area (Å²) in [7, 11) is 1.76.